The summed E-state index contributed by atoms with van der Waals surface area (Å²) < 4.78 is 48.6. The van der Waals surface area contributed by atoms with Crippen LogP contribution in [0.1, 0.15) is 45.6 Å². The van der Waals surface area contributed by atoms with Gasteiger partial charge in [0, 0.05) is 0 Å². The molecule has 0 fully saturated rings. The van der Waals surface area contributed by atoms with Gasteiger partial charge in [-0.1, -0.05) is 0 Å². The molecule has 10 heteroatoms. The molecule has 4 nitrogen and oxygen atoms in total. The van der Waals surface area contributed by atoms with Gasteiger partial charge < -0.3 is 0 Å². The van der Waals surface area contributed by atoms with Crippen molar-refractivity contribution in [1.29, 1.82) is 0 Å². The van der Waals surface area contributed by atoms with Crippen molar-refractivity contribution in [3.05, 3.63) is 77.8 Å². The Labute approximate surface area is 202 Å². The zero-order valence-corrected chi connectivity index (χ0v) is 22.2. The van der Waals surface area contributed by atoms with E-state index in [0.717, 1.165) is 45.6 Å². The molecule has 3 rings (SSSR count). The molecule has 0 saturated carbocycles. The molecule has 32 heavy (non-hydrogen) atoms. The molecule has 0 spiro atoms. The van der Waals surface area contributed by atoms with Gasteiger partial charge in [-0.05, 0) is 87.2 Å². The predicted octanol–water partition coefficient (Wildman–Crippen LogP) is 7.19. The summed E-state index contributed by atoms with van der Waals surface area (Å²) in [6, 6.07) is 0. The zero-order valence-electron chi connectivity index (χ0n) is 19.1. The Morgan fingerprint density at radius 3 is 0.625 bits per heavy atom. The lowest BCUT2D eigenvalue weighted by atomic mass is 10.3. The first kappa shape index (κ1) is 28.1. The van der Waals surface area contributed by atoms with Crippen LogP contribution in [0, 0.1) is 78.7 Å². The average Bonchev–Trinajstić information content (AvgIpc) is 2.73. The van der Waals surface area contributed by atoms with Crippen molar-refractivity contribution >= 4 is 31.9 Å². The number of hydrogen-bond donors (Lipinski definition) is 0. The largest absolute Gasteiger partial charge is 0.255 e. The standard InChI is InChI=1S/2C8H12N2.C6Br2F4/c2*1-5-6(2)10-8(4)7(3)9-5;7-1-3(9)5(11)2(8)6(12)4(1)10/h2*1-4H3;. The van der Waals surface area contributed by atoms with Gasteiger partial charge in [-0.25, -0.2) is 17.6 Å². The number of halogens is 6. The second-order valence-electron chi connectivity index (χ2n) is 7.01. The van der Waals surface area contributed by atoms with Crippen LogP contribution in [-0.2, 0) is 0 Å². The number of rotatable bonds is 0. The second-order valence-corrected chi connectivity index (χ2v) is 8.60. The molecule has 2 aromatic heterocycles. The fraction of sp³-hybridized carbons (Fsp3) is 0.364. The third-order valence-electron chi connectivity index (χ3n) is 4.59. The summed E-state index contributed by atoms with van der Waals surface area (Å²) in [4.78, 5) is 17.2. The Balaban J connectivity index is 0.000000241. The summed E-state index contributed by atoms with van der Waals surface area (Å²) in [5.74, 6) is -5.83. The number of aryl methyl sites for hydroxylation is 8. The van der Waals surface area contributed by atoms with Crippen molar-refractivity contribution in [3.63, 3.8) is 0 Å². The Morgan fingerprint density at radius 2 is 0.500 bits per heavy atom. The van der Waals surface area contributed by atoms with Crippen molar-refractivity contribution in [2.24, 2.45) is 0 Å². The van der Waals surface area contributed by atoms with Gasteiger partial charge in [0.25, 0.3) is 0 Å². The number of aromatic nitrogens is 4. The van der Waals surface area contributed by atoms with Crippen LogP contribution in [0.4, 0.5) is 17.6 Å². The molecule has 0 aliphatic rings. The van der Waals surface area contributed by atoms with E-state index in [1.54, 1.807) is 0 Å². The lowest BCUT2D eigenvalue weighted by Gasteiger charge is -2.02. The van der Waals surface area contributed by atoms with E-state index < -0.39 is 32.2 Å². The van der Waals surface area contributed by atoms with Crippen LogP contribution in [0.5, 0.6) is 0 Å². The molecular formula is C22H24Br2F4N4. The molecule has 3 aromatic rings. The van der Waals surface area contributed by atoms with E-state index in [1.165, 1.54) is 0 Å². The summed E-state index contributed by atoms with van der Waals surface area (Å²) >= 11 is 4.73. The lowest BCUT2D eigenvalue weighted by molar-refractivity contribution is 0.439. The topological polar surface area (TPSA) is 51.6 Å². The molecule has 0 amide bonds. The normalized spacial score (nSPS) is 10.2. The Hall–Kier alpha value is -1.94. The van der Waals surface area contributed by atoms with E-state index in [1.807, 2.05) is 55.4 Å². The first-order chi connectivity index (χ1) is 14.7. The zero-order chi connectivity index (χ0) is 24.9. The first-order valence-electron chi connectivity index (χ1n) is 9.42. The van der Waals surface area contributed by atoms with Gasteiger partial charge in [-0.2, -0.15) is 0 Å². The minimum Gasteiger partial charge on any atom is -0.255 e. The predicted molar refractivity (Wildman–Crippen MR) is 124 cm³/mol. The molecule has 0 aliphatic heterocycles. The van der Waals surface area contributed by atoms with Gasteiger partial charge >= 0.3 is 0 Å². The molecule has 0 radical (unpaired) electrons. The average molecular weight is 580 g/mol. The van der Waals surface area contributed by atoms with Crippen LogP contribution in [-0.4, -0.2) is 19.9 Å². The molecule has 0 aliphatic carbocycles. The summed E-state index contributed by atoms with van der Waals surface area (Å²) in [7, 11) is 0. The van der Waals surface area contributed by atoms with E-state index in [-0.39, 0.29) is 0 Å². The molecule has 0 atom stereocenters. The minimum atomic E-state index is -1.46. The highest BCUT2D eigenvalue weighted by Crippen LogP contribution is 2.30. The highest BCUT2D eigenvalue weighted by Gasteiger charge is 2.22. The second kappa shape index (κ2) is 11.8. The van der Waals surface area contributed by atoms with Crippen molar-refractivity contribution in [2.75, 3.05) is 0 Å². The maximum absolute atomic E-state index is 12.6. The van der Waals surface area contributed by atoms with Crippen molar-refractivity contribution in [3.8, 4) is 0 Å². The van der Waals surface area contributed by atoms with Crippen molar-refractivity contribution in [1.82, 2.24) is 19.9 Å². The quantitative estimate of drug-likeness (QED) is 0.161. The third-order valence-corrected chi connectivity index (χ3v) is 5.98. The molecule has 0 bridgehead atoms. The summed E-state index contributed by atoms with van der Waals surface area (Å²) in [6.07, 6.45) is 0. The van der Waals surface area contributed by atoms with Gasteiger partial charge in [0.15, 0.2) is 23.3 Å². The van der Waals surface area contributed by atoms with Crippen LogP contribution in [0.15, 0.2) is 8.95 Å². The fourth-order valence-electron chi connectivity index (χ4n) is 2.23. The summed E-state index contributed by atoms with van der Waals surface area (Å²) in [5.41, 5.74) is 8.25. The van der Waals surface area contributed by atoms with Gasteiger partial charge in [-0.15, -0.1) is 0 Å². The van der Waals surface area contributed by atoms with Crippen LogP contribution in [0.3, 0.4) is 0 Å². The van der Waals surface area contributed by atoms with E-state index in [2.05, 4.69) is 51.8 Å². The van der Waals surface area contributed by atoms with Crippen molar-refractivity contribution < 1.29 is 17.6 Å². The first-order valence-corrected chi connectivity index (χ1v) is 11.0. The fourth-order valence-corrected chi connectivity index (χ4v) is 2.93. The van der Waals surface area contributed by atoms with E-state index >= 15 is 0 Å². The Kier molecular flexibility index (Phi) is 10.3. The molecule has 174 valence electrons. The number of benzene rings is 1. The smallest absolute Gasteiger partial charge is 0.177 e. The minimum absolute atomic E-state index is 0.847. The Morgan fingerprint density at radius 1 is 0.375 bits per heavy atom. The lowest BCUT2D eigenvalue weighted by Crippen LogP contribution is -1.97. The highest BCUT2D eigenvalue weighted by molar-refractivity contribution is 9.11. The van der Waals surface area contributed by atoms with Crippen LogP contribution in [0.25, 0.3) is 0 Å². The van der Waals surface area contributed by atoms with Crippen molar-refractivity contribution in [2.45, 2.75) is 55.4 Å². The van der Waals surface area contributed by atoms with Gasteiger partial charge in [0.1, 0.15) is 0 Å². The van der Waals surface area contributed by atoms with E-state index in [0.29, 0.717) is 0 Å². The maximum atomic E-state index is 12.6. The molecule has 1 aromatic carbocycles. The molecule has 0 saturated heterocycles. The molecule has 2 heterocycles. The molecule has 0 unspecified atom stereocenters. The summed E-state index contributed by atoms with van der Waals surface area (Å²) in [5, 5.41) is 0. The molecular weight excluding hydrogens is 556 g/mol. The SMILES string of the molecule is Cc1nc(C)c(C)nc1C.Cc1nc(C)c(C)nc1C.Fc1c(F)c(Br)c(F)c(F)c1Br. The van der Waals surface area contributed by atoms with Crippen LogP contribution >= 0.6 is 31.9 Å². The van der Waals surface area contributed by atoms with Crippen LogP contribution in [0.2, 0.25) is 0 Å². The van der Waals surface area contributed by atoms with Gasteiger partial charge in [-0.3, -0.25) is 19.9 Å². The third kappa shape index (κ3) is 7.03. The monoisotopic (exact) mass is 578 g/mol. The number of hydrogen-bond acceptors (Lipinski definition) is 4. The maximum Gasteiger partial charge on any atom is 0.177 e. The van der Waals surface area contributed by atoms with Crippen LogP contribution < -0.4 is 0 Å². The van der Waals surface area contributed by atoms with E-state index in [4.69, 9.17) is 0 Å². The van der Waals surface area contributed by atoms with Gasteiger partial charge in [0.05, 0.1) is 54.5 Å². The van der Waals surface area contributed by atoms with E-state index in [9.17, 15) is 17.6 Å². The number of nitrogens with zero attached hydrogens (tertiary/aromatic N) is 4. The summed E-state index contributed by atoms with van der Waals surface area (Å²) in [6.45, 7) is 15.8. The van der Waals surface area contributed by atoms with Gasteiger partial charge in [0.2, 0.25) is 0 Å². The molecule has 0 N–H and O–H groups in total. The Bertz CT molecular complexity index is 877. The highest BCUT2D eigenvalue weighted by atomic mass is 79.9.